The first-order valence-corrected chi connectivity index (χ1v) is 7.42. The molecule has 0 spiro atoms. The highest BCUT2D eigenvalue weighted by atomic mass is 32.2. The number of rotatable bonds is 3. The first-order chi connectivity index (χ1) is 9.34. The van der Waals surface area contributed by atoms with Gasteiger partial charge in [0, 0.05) is 37.0 Å². The molecule has 1 saturated heterocycles. The smallest absolute Gasteiger partial charge is 0.244 e. The second-order valence-electron chi connectivity index (χ2n) is 4.37. The fourth-order valence-electron chi connectivity index (χ4n) is 2.04. The molecule has 1 aliphatic rings. The van der Waals surface area contributed by atoms with Crippen LogP contribution in [0.15, 0.2) is 23.1 Å². The Balaban J connectivity index is 1.77. The molecule has 0 amide bonds. The van der Waals surface area contributed by atoms with E-state index in [0.29, 0.717) is 17.4 Å². The molecule has 3 heterocycles. The van der Waals surface area contributed by atoms with Crippen LogP contribution in [0.3, 0.4) is 0 Å². The lowest BCUT2D eigenvalue weighted by molar-refractivity contribution is 0.189. The zero-order valence-electron chi connectivity index (χ0n) is 10.7. The van der Waals surface area contributed by atoms with E-state index in [1.807, 2.05) is 11.8 Å². The Morgan fingerprint density at radius 2 is 2.16 bits per heavy atom. The van der Waals surface area contributed by atoms with Crippen molar-refractivity contribution in [2.24, 2.45) is 0 Å². The molecule has 2 aromatic heterocycles. The van der Waals surface area contributed by atoms with Crippen molar-refractivity contribution in [1.82, 2.24) is 25.0 Å². The van der Waals surface area contributed by atoms with Crippen molar-refractivity contribution >= 4 is 11.8 Å². The van der Waals surface area contributed by atoms with Gasteiger partial charge in [0.25, 0.3) is 0 Å². The molecule has 6 nitrogen and oxygen atoms in total. The van der Waals surface area contributed by atoms with Crippen LogP contribution < -0.4 is 0 Å². The topological polar surface area (TPSA) is 67.9 Å². The van der Waals surface area contributed by atoms with Crippen LogP contribution in [0.5, 0.6) is 0 Å². The van der Waals surface area contributed by atoms with Crippen LogP contribution in [0.25, 0.3) is 11.5 Å². The molecule has 0 saturated carbocycles. The summed E-state index contributed by atoms with van der Waals surface area (Å²) in [5.74, 6) is 3.47. The fraction of sp³-hybridized carbons (Fsp3) is 0.500. The first-order valence-electron chi connectivity index (χ1n) is 6.26. The Bertz CT molecular complexity index is 526. The molecule has 0 radical (unpaired) electrons. The average molecular weight is 277 g/mol. The predicted molar refractivity (Wildman–Crippen MR) is 72.6 cm³/mol. The number of hydrogen-bond donors (Lipinski definition) is 0. The van der Waals surface area contributed by atoms with Gasteiger partial charge in [0.15, 0.2) is 0 Å². The molecule has 0 N–H and O–H groups in total. The van der Waals surface area contributed by atoms with Crippen molar-refractivity contribution in [2.75, 3.05) is 24.6 Å². The summed E-state index contributed by atoms with van der Waals surface area (Å²) in [5, 5.41) is 3.98. The summed E-state index contributed by atoms with van der Waals surface area (Å²) in [7, 11) is 0. The van der Waals surface area contributed by atoms with E-state index in [1.54, 1.807) is 18.6 Å². The second kappa shape index (κ2) is 5.66. The standard InChI is InChI=1S/C12H15N5OS/c1-9(17-4-6-19-7-5-17)12-15-11(16-18-12)10-8-13-2-3-14-10/h2-3,8-9H,4-7H2,1H3/t9-/m1/s1. The number of hydrogen-bond acceptors (Lipinski definition) is 7. The molecule has 0 unspecified atom stereocenters. The fourth-order valence-corrected chi connectivity index (χ4v) is 2.98. The molecule has 0 aromatic carbocycles. The van der Waals surface area contributed by atoms with Crippen LogP contribution in [0, 0.1) is 0 Å². The summed E-state index contributed by atoms with van der Waals surface area (Å²) < 4.78 is 5.36. The molecule has 1 fully saturated rings. The monoisotopic (exact) mass is 277 g/mol. The Kier molecular flexibility index (Phi) is 3.74. The van der Waals surface area contributed by atoms with Crippen molar-refractivity contribution in [3.8, 4) is 11.5 Å². The maximum Gasteiger partial charge on any atom is 0.244 e. The highest BCUT2D eigenvalue weighted by molar-refractivity contribution is 7.99. The summed E-state index contributed by atoms with van der Waals surface area (Å²) >= 11 is 1.99. The Hall–Kier alpha value is -1.47. The van der Waals surface area contributed by atoms with E-state index in [4.69, 9.17) is 4.52 Å². The lowest BCUT2D eigenvalue weighted by Gasteiger charge is -2.29. The lowest BCUT2D eigenvalue weighted by atomic mass is 10.2. The Labute approximate surface area is 115 Å². The van der Waals surface area contributed by atoms with Crippen molar-refractivity contribution in [1.29, 1.82) is 0 Å². The van der Waals surface area contributed by atoms with Gasteiger partial charge in [-0.05, 0) is 6.92 Å². The van der Waals surface area contributed by atoms with Crippen molar-refractivity contribution in [3.63, 3.8) is 0 Å². The molecule has 1 atom stereocenters. The number of aromatic nitrogens is 4. The van der Waals surface area contributed by atoms with Crippen LogP contribution >= 0.6 is 11.8 Å². The van der Waals surface area contributed by atoms with Gasteiger partial charge in [-0.2, -0.15) is 16.7 Å². The van der Waals surface area contributed by atoms with Crippen LogP contribution in [0.1, 0.15) is 18.9 Å². The minimum atomic E-state index is 0.152. The molecular formula is C12H15N5OS. The molecular weight excluding hydrogens is 262 g/mol. The molecule has 0 aliphatic carbocycles. The van der Waals surface area contributed by atoms with Crippen molar-refractivity contribution in [2.45, 2.75) is 13.0 Å². The predicted octanol–water partition coefficient (Wildman–Crippen LogP) is 1.64. The lowest BCUT2D eigenvalue weighted by Crippen LogP contribution is -2.34. The SMILES string of the molecule is C[C@H](c1nc(-c2cnccn2)no1)N1CCSCC1. The van der Waals surface area contributed by atoms with E-state index in [0.717, 1.165) is 24.6 Å². The van der Waals surface area contributed by atoms with Gasteiger partial charge in [-0.25, -0.2) is 4.98 Å². The van der Waals surface area contributed by atoms with Gasteiger partial charge >= 0.3 is 0 Å². The van der Waals surface area contributed by atoms with Gasteiger partial charge in [-0.1, -0.05) is 5.16 Å². The minimum Gasteiger partial charge on any atom is -0.337 e. The van der Waals surface area contributed by atoms with Gasteiger partial charge in [-0.15, -0.1) is 0 Å². The maximum atomic E-state index is 5.36. The minimum absolute atomic E-state index is 0.152. The van der Waals surface area contributed by atoms with Crippen LogP contribution in [0.4, 0.5) is 0 Å². The van der Waals surface area contributed by atoms with Gasteiger partial charge in [0.2, 0.25) is 11.7 Å². The van der Waals surface area contributed by atoms with Crippen LogP contribution in [0.2, 0.25) is 0 Å². The molecule has 0 bridgehead atoms. The van der Waals surface area contributed by atoms with E-state index in [2.05, 4.69) is 31.9 Å². The van der Waals surface area contributed by atoms with Crippen LogP contribution in [-0.2, 0) is 0 Å². The van der Waals surface area contributed by atoms with E-state index in [9.17, 15) is 0 Å². The van der Waals surface area contributed by atoms with Gasteiger partial charge in [0.1, 0.15) is 5.69 Å². The zero-order valence-corrected chi connectivity index (χ0v) is 11.5. The van der Waals surface area contributed by atoms with Gasteiger partial charge < -0.3 is 4.52 Å². The third-order valence-electron chi connectivity index (χ3n) is 3.18. The average Bonchev–Trinajstić information content (AvgIpc) is 2.98. The van der Waals surface area contributed by atoms with Crippen LogP contribution in [-0.4, -0.2) is 49.6 Å². The molecule has 19 heavy (non-hydrogen) atoms. The zero-order chi connectivity index (χ0) is 13.1. The molecule has 2 aromatic rings. The molecule has 7 heteroatoms. The van der Waals surface area contributed by atoms with E-state index < -0.39 is 0 Å². The summed E-state index contributed by atoms with van der Waals surface area (Å²) in [6.07, 6.45) is 4.88. The third-order valence-corrected chi connectivity index (χ3v) is 4.13. The van der Waals surface area contributed by atoms with E-state index in [-0.39, 0.29) is 6.04 Å². The Morgan fingerprint density at radius 1 is 1.32 bits per heavy atom. The van der Waals surface area contributed by atoms with Gasteiger partial charge in [0.05, 0.1) is 12.2 Å². The van der Waals surface area contributed by atoms with Crippen molar-refractivity contribution < 1.29 is 4.52 Å². The maximum absolute atomic E-state index is 5.36. The first kappa shape index (κ1) is 12.6. The second-order valence-corrected chi connectivity index (χ2v) is 5.60. The van der Waals surface area contributed by atoms with Gasteiger partial charge in [-0.3, -0.25) is 9.88 Å². The summed E-state index contributed by atoms with van der Waals surface area (Å²) in [6.45, 7) is 4.23. The highest BCUT2D eigenvalue weighted by Crippen LogP contribution is 2.23. The normalized spacial score (nSPS) is 18.4. The number of thioether (sulfide) groups is 1. The van der Waals surface area contributed by atoms with Crippen molar-refractivity contribution in [3.05, 3.63) is 24.5 Å². The third kappa shape index (κ3) is 2.76. The molecule has 3 rings (SSSR count). The quantitative estimate of drug-likeness (QED) is 0.844. The van der Waals surface area contributed by atoms with E-state index >= 15 is 0 Å². The number of nitrogens with zero attached hydrogens (tertiary/aromatic N) is 5. The Morgan fingerprint density at radius 3 is 2.89 bits per heavy atom. The summed E-state index contributed by atoms with van der Waals surface area (Å²) in [5.41, 5.74) is 0.638. The largest absolute Gasteiger partial charge is 0.337 e. The highest BCUT2D eigenvalue weighted by Gasteiger charge is 2.23. The molecule has 100 valence electrons. The van der Waals surface area contributed by atoms with E-state index in [1.165, 1.54) is 0 Å². The summed E-state index contributed by atoms with van der Waals surface area (Å²) in [4.78, 5) is 15.0. The summed E-state index contributed by atoms with van der Waals surface area (Å²) in [6, 6.07) is 0.152. The molecule has 1 aliphatic heterocycles.